The molecule has 1 heterocycles. The predicted octanol–water partition coefficient (Wildman–Crippen LogP) is 2.96. The molecule has 0 saturated carbocycles. The molecule has 1 saturated heterocycles. The van der Waals surface area contributed by atoms with Crippen LogP contribution in [0.25, 0.3) is 0 Å². The summed E-state index contributed by atoms with van der Waals surface area (Å²) < 4.78 is 0. The molecule has 0 spiro atoms. The lowest BCUT2D eigenvalue weighted by atomic mass is 10.1. The van der Waals surface area contributed by atoms with E-state index in [1.807, 2.05) is 6.07 Å². The molecule has 128 valence electrons. The topological polar surface area (TPSA) is 87.8 Å². The minimum atomic E-state index is -0.437. The van der Waals surface area contributed by atoms with Crippen LogP contribution in [0.2, 0.25) is 0 Å². The number of benzene rings is 2. The number of non-ortho nitro benzene ring substituents is 1. The number of hydrogen-bond donors (Lipinski definition) is 1. The Morgan fingerprint density at radius 2 is 1.88 bits per heavy atom. The van der Waals surface area contributed by atoms with Crippen molar-refractivity contribution < 1.29 is 9.72 Å². The van der Waals surface area contributed by atoms with Crippen molar-refractivity contribution in [3.8, 4) is 0 Å². The van der Waals surface area contributed by atoms with Gasteiger partial charge in [-0.05, 0) is 31.0 Å². The van der Waals surface area contributed by atoms with E-state index in [1.165, 1.54) is 18.3 Å². The second kappa shape index (κ2) is 7.57. The number of amides is 1. The lowest BCUT2D eigenvalue weighted by molar-refractivity contribution is -0.384. The zero-order valence-corrected chi connectivity index (χ0v) is 13.6. The first-order valence-electron chi connectivity index (χ1n) is 8.07. The fraction of sp³-hybridized carbons (Fsp3) is 0.222. The highest BCUT2D eigenvalue weighted by Crippen LogP contribution is 2.27. The molecular weight excluding hydrogens is 320 g/mol. The first-order valence-corrected chi connectivity index (χ1v) is 8.07. The van der Waals surface area contributed by atoms with Gasteiger partial charge in [0.2, 0.25) is 0 Å². The molecule has 1 amide bonds. The number of anilines is 1. The monoisotopic (exact) mass is 338 g/mol. The number of nitrogens with one attached hydrogen (secondary N) is 1. The zero-order chi connectivity index (χ0) is 17.6. The van der Waals surface area contributed by atoms with Crippen LogP contribution < -0.4 is 10.3 Å². The molecule has 2 aromatic rings. The minimum absolute atomic E-state index is 0.00113. The van der Waals surface area contributed by atoms with Crippen LogP contribution in [-0.2, 0) is 0 Å². The molecule has 0 aliphatic carbocycles. The summed E-state index contributed by atoms with van der Waals surface area (Å²) in [5, 5.41) is 15.0. The van der Waals surface area contributed by atoms with Crippen LogP contribution in [0.1, 0.15) is 28.8 Å². The number of hydrogen-bond acceptors (Lipinski definition) is 5. The summed E-state index contributed by atoms with van der Waals surface area (Å²) in [5.74, 6) is -0.329. The Morgan fingerprint density at radius 1 is 1.16 bits per heavy atom. The van der Waals surface area contributed by atoms with Crippen LogP contribution in [0.5, 0.6) is 0 Å². The molecule has 7 heteroatoms. The Labute approximate surface area is 145 Å². The number of nitro benzene ring substituents is 1. The third-order valence-corrected chi connectivity index (χ3v) is 4.07. The van der Waals surface area contributed by atoms with Crippen LogP contribution in [-0.4, -0.2) is 30.1 Å². The molecule has 1 aliphatic heterocycles. The van der Waals surface area contributed by atoms with Gasteiger partial charge in [0.05, 0.1) is 11.1 Å². The van der Waals surface area contributed by atoms with Gasteiger partial charge in [0.15, 0.2) is 0 Å². The second-order valence-corrected chi connectivity index (χ2v) is 5.76. The molecule has 0 atom stereocenters. The number of hydrazone groups is 1. The molecule has 0 radical (unpaired) electrons. The van der Waals surface area contributed by atoms with Gasteiger partial charge in [-0.15, -0.1) is 0 Å². The van der Waals surface area contributed by atoms with Crippen molar-refractivity contribution >= 4 is 23.5 Å². The first kappa shape index (κ1) is 16.6. The molecule has 0 bridgehead atoms. The number of nitro groups is 1. The van der Waals surface area contributed by atoms with E-state index in [9.17, 15) is 14.9 Å². The van der Waals surface area contributed by atoms with E-state index in [0.717, 1.165) is 31.6 Å². The standard InChI is InChI=1S/C18H18N4O3/c23-18(14-6-2-1-3-7-14)20-19-13-15-12-16(22(24)25)8-9-17(15)21-10-4-5-11-21/h1-3,6-9,12-13H,4-5,10-11H2,(H,20,23). The lowest BCUT2D eigenvalue weighted by Gasteiger charge is -2.19. The van der Waals surface area contributed by atoms with Gasteiger partial charge in [-0.1, -0.05) is 18.2 Å². The van der Waals surface area contributed by atoms with Crippen LogP contribution >= 0.6 is 0 Å². The lowest BCUT2D eigenvalue weighted by Crippen LogP contribution is -2.20. The van der Waals surface area contributed by atoms with Crippen LogP contribution in [0, 0.1) is 10.1 Å². The Hall–Kier alpha value is -3.22. The quantitative estimate of drug-likeness (QED) is 0.516. The van der Waals surface area contributed by atoms with Gasteiger partial charge in [0.1, 0.15) is 0 Å². The highest BCUT2D eigenvalue weighted by atomic mass is 16.6. The average Bonchev–Trinajstić information content (AvgIpc) is 3.16. The zero-order valence-electron chi connectivity index (χ0n) is 13.6. The van der Waals surface area contributed by atoms with Crippen molar-refractivity contribution in [2.24, 2.45) is 5.10 Å². The summed E-state index contributed by atoms with van der Waals surface area (Å²) in [5.41, 5.74) is 4.46. The minimum Gasteiger partial charge on any atom is -0.371 e. The van der Waals surface area contributed by atoms with Crippen molar-refractivity contribution in [2.75, 3.05) is 18.0 Å². The molecule has 3 rings (SSSR count). The molecule has 0 unspecified atom stereocenters. The molecule has 1 N–H and O–H groups in total. The third kappa shape index (κ3) is 4.00. The van der Waals surface area contributed by atoms with Gasteiger partial charge < -0.3 is 4.90 Å². The Bertz CT molecular complexity index is 799. The second-order valence-electron chi connectivity index (χ2n) is 5.76. The summed E-state index contributed by atoms with van der Waals surface area (Å²) >= 11 is 0. The van der Waals surface area contributed by atoms with E-state index in [4.69, 9.17) is 0 Å². The van der Waals surface area contributed by atoms with Crippen LogP contribution in [0.4, 0.5) is 11.4 Å². The van der Waals surface area contributed by atoms with E-state index in [2.05, 4.69) is 15.4 Å². The number of carbonyl (C=O) groups excluding carboxylic acids is 1. The highest BCUT2D eigenvalue weighted by Gasteiger charge is 2.17. The smallest absolute Gasteiger partial charge is 0.271 e. The van der Waals surface area contributed by atoms with Crippen LogP contribution in [0.3, 0.4) is 0 Å². The molecule has 1 aliphatic rings. The van der Waals surface area contributed by atoms with Crippen molar-refractivity contribution in [1.82, 2.24) is 5.43 Å². The average molecular weight is 338 g/mol. The maximum atomic E-state index is 12.0. The van der Waals surface area contributed by atoms with E-state index in [0.29, 0.717) is 11.1 Å². The summed E-state index contributed by atoms with van der Waals surface area (Å²) in [7, 11) is 0. The summed E-state index contributed by atoms with van der Waals surface area (Å²) in [4.78, 5) is 24.8. The van der Waals surface area contributed by atoms with E-state index >= 15 is 0 Å². The van der Waals surface area contributed by atoms with E-state index in [-0.39, 0.29) is 11.6 Å². The van der Waals surface area contributed by atoms with E-state index in [1.54, 1.807) is 30.3 Å². The Morgan fingerprint density at radius 3 is 2.56 bits per heavy atom. The highest BCUT2D eigenvalue weighted by molar-refractivity contribution is 5.95. The van der Waals surface area contributed by atoms with Crippen molar-refractivity contribution in [1.29, 1.82) is 0 Å². The largest absolute Gasteiger partial charge is 0.371 e. The molecule has 7 nitrogen and oxygen atoms in total. The molecular formula is C18H18N4O3. The predicted molar refractivity (Wildman–Crippen MR) is 96.0 cm³/mol. The van der Waals surface area contributed by atoms with Gasteiger partial charge in [0.25, 0.3) is 11.6 Å². The third-order valence-electron chi connectivity index (χ3n) is 4.07. The Kier molecular flexibility index (Phi) is 5.03. The molecule has 0 aromatic heterocycles. The maximum absolute atomic E-state index is 12.0. The number of carbonyl (C=O) groups is 1. The van der Waals surface area contributed by atoms with Gasteiger partial charge in [0, 0.05) is 42.0 Å². The van der Waals surface area contributed by atoms with Crippen molar-refractivity contribution in [3.05, 3.63) is 69.8 Å². The van der Waals surface area contributed by atoms with Gasteiger partial charge >= 0.3 is 0 Å². The fourth-order valence-corrected chi connectivity index (χ4v) is 2.82. The normalized spacial score (nSPS) is 14.0. The number of nitrogens with zero attached hydrogens (tertiary/aromatic N) is 3. The maximum Gasteiger partial charge on any atom is 0.271 e. The molecule has 25 heavy (non-hydrogen) atoms. The Balaban J connectivity index is 1.80. The van der Waals surface area contributed by atoms with Gasteiger partial charge in [-0.25, -0.2) is 5.43 Å². The first-order chi connectivity index (χ1) is 12.1. The van der Waals surface area contributed by atoms with Crippen molar-refractivity contribution in [3.63, 3.8) is 0 Å². The fourth-order valence-electron chi connectivity index (χ4n) is 2.82. The molecule has 1 fully saturated rings. The number of rotatable bonds is 5. The van der Waals surface area contributed by atoms with Gasteiger partial charge in [-0.3, -0.25) is 14.9 Å². The van der Waals surface area contributed by atoms with E-state index < -0.39 is 4.92 Å². The van der Waals surface area contributed by atoms with Crippen LogP contribution in [0.15, 0.2) is 53.6 Å². The van der Waals surface area contributed by atoms with Gasteiger partial charge in [-0.2, -0.15) is 5.10 Å². The summed E-state index contributed by atoms with van der Waals surface area (Å²) in [6, 6.07) is 13.5. The summed E-state index contributed by atoms with van der Waals surface area (Å²) in [6.07, 6.45) is 3.65. The van der Waals surface area contributed by atoms with Crippen molar-refractivity contribution in [2.45, 2.75) is 12.8 Å². The SMILES string of the molecule is O=C(NN=Cc1cc([N+](=O)[O-])ccc1N1CCCC1)c1ccccc1. The summed E-state index contributed by atoms with van der Waals surface area (Å²) in [6.45, 7) is 1.82. The molecule has 2 aromatic carbocycles.